The lowest BCUT2D eigenvalue weighted by molar-refractivity contribution is 0.0819. The summed E-state index contributed by atoms with van der Waals surface area (Å²) in [6, 6.07) is 24.6. The summed E-state index contributed by atoms with van der Waals surface area (Å²) in [5, 5.41) is 8.75. The molecule has 0 spiro atoms. The summed E-state index contributed by atoms with van der Waals surface area (Å²) in [7, 11) is 1.50. The summed E-state index contributed by atoms with van der Waals surface area (Å²) < 4.78 is 19.6. The Bertz CT molecular complexity index is 2040. The highest BCUT2D eigenvalue weighted by atomic mass is 79.9. The lowest BCUT2D eigenvalue weighted by Crippen LogP contribution is -2.49. The van der Waals surface area contributed by atoms with Crippen LogP contribution in [0.5, 0.6) is 11.5 Å². The van der Waals surface area contributed by atoms with Crippen molar-refractivity contribution < 1.29 is 23.5 Å². The van der Waals surface area contributed by atoms with Gasteiger partial charge in [0.1, 0.15) is 11.5 Å². The van der Waals surface area contributed by atoms with Crippen LogP contribution in [0.4, 0.5) is 4.79 Å². The highest BCUT2D eigenvalue weighted by Crippen LogP contribution is 2.30. The van der Waals surface area contributed by atoms with Crippen molar-refractivity contribution in [1.29, 1.82) is 0 Å². The molecular weight excluding hydrogens is 841 g/mol. The number of nitrogens with zero attached hydrogens (tertiary/aromatic N) is 3. The second-order valence-corrected chi connectivity index (χ2v) is 14.4. The van der Waals surface area contributed by atoms with E-state index in [9.17, 15) is 14.4 Å². The first-order valence-electron chi connectivity index (χ1n) is 16.0. The molecule has 0 unspecified atom stereocenters. The van der Waals surface area contributed by atoms with Gasteiger partial charge in [-0.2, -0.15) is 4.68 Å². The van der Waals surface area contributed by atoms with Crippen molar-refractivity contribution >= 4 is 67.0 Å². The maximum Gasteiger partial charge on any atom is 0.437 e. The first-order valence-corrected chi connectivity index (χ1v) is 18.4. The molecule has 0 radical (unpaired) electrons. The van der Waals surface area contributed by atoms with Gasteiger partial charge in [-0.15, -0.1) is 5.10 Å². The Morgan fingerprint density at radius 1 is 0.827 bits per heavy atom. The molecule has 0 saturated heterocycles. The van der Waals surface area contributed by atoms with Crippen LogP contribution in [0.2, 0.25) is 10.0 Å². The first-order chi connectivity index (χ1) is 24.7. The van der Waals surface area contributed by atoms with Gasteiger partial charge in [-0.1, -0.05) is 79.3 Å². The van der Waals surface area contributed by atoms with E-state index in [-0.39, 0.29) is 24.6 Å². The molecular formula is C37H37Br2Cl2N5O6. The highest BCUT2D eigenvalue weighted by molar-refractivity contribution is 9.10. The third-order valence-electron chi connectivity index (χ3n) is 6.90. The number of nitrogens with one attached hydrogen (secondary N) is 2. The number of halogens is 4. The molecule has 2 N–H and O–H groups in total. The number of aromatic nitrogens is 2. The fourth-order valence-electron chi connectivity index (χ4n) is 4.52. The summed E-state index contributed by atoms with van der Waals surface area (Å²) in [5.41, 5.74) is 5.35. The van der Waals surface area contributed by atoms with Gasteiger partial charge in [0.25, 0.3) is 5.91 Å². The van der Waals surface area contributed by atoms with Crippen molar-refractivity contribution in [3.8, 4) is 23.0 Å². The largest absolute Gasteiger partial charge is 0.489 e. The van der Waals surface area contributed by atoms with Gasteiger partial charge in [0.15, 0.2) is 0 Å². The SMILES string of the molecule is CC(C)Oc1ccc(-c2nn(Cc3ccc(Br)cc3)c(=O)o2)cc1Cl.CNC(=O)N(Cc1ccc(Br)cc1)NC(=O)c1ccc(OC(C)C)c(Cl)c1. The average molecular weight is 878 g/mol. The highest BCUT2D eigenvalue weighted by Gasteiger charge is 2.18. The summed E-state index contributed by atoms with van der Waals surface area (Å²) in [6.07, 6.45) is -0.0109. The monoisotopic (exact) mass is 875 g/mol. The number of hydrogen-bond acceptors (Lipinski definition) is 7. The molecule has 1 aromatic heterocycles. The van der Waals surface area contributed by atoms with E-state index < -0.39 is 17.7 Å². The van der Waals surface area contributed by atoms with Crippen LogP contribution in [-0.4, -0.2) is 46.0 Å². The van der Waals surface area contributed by atoms with Crippen LogP contribution in [0.1, 0.15) is 49.2 Å². The summed E-state index contributed by atoms with van der Waals surface area (Å²) in [6.45, 7) is 8.17. The number of rotatable bonds is 10. The zero-order chi connectivity index (χ0) is 37.9. The zero-order valence-corrected chi connectivity index (χ0v) is 33.6. The third-order valence-corrected chi connectivity index (χ3v) is 8.55. The van der Waals surface area contributed by atoms with Crippen molar-refractivity contribution in [3.05, 3.63) is 131 Å². The van der Waals surface area contributed by atoms with E-state index in [4.69, 9.17) is 37.1 Å². The summed E-state index contributed by atoms with van der Waals surface area (Å²) in [5.74, 6) is 0.337. The molecule has 11 nitrogen and oxygen atoms in total. The van der Waals surface area contributed by atoms with E-state index in [2.05, 4.69) is 47.7 Å². The minimum absolute atomic E-state index is 0.0198. The molecule has 0 atom stereocenters. The second kappa shape index (κ2) is 19.0. The maximum absolute atomic E-state index is 12.6. The Morgan fingerprint density at radius 2 is 1.37 bits per heavy atom. The number of amides is 3. The van der Waals surface area contributed by atoms with Crippen molar-refractivity contribution in [2.45, 2.75) is 53.0 Å². The molecule has 15 heteroatoms. The molecule has 0 aliphatic carbocycles. The number of hydrogen-bond donors (Lipinski definition) is 2. The number of carbonyl (C=O) groups is 2. The van der Waals surface area contributed by atoms with Crippen molar-refractivity contribution in [3.63, 3.8) is 0 Å². The van der Waals surface area contributed by atoms with Gasteiger partial charge in [-0.25, -0.2) is 14.6 Å². The van der Waals surface area contributed by atoms with Gasteiger partial charge in [0.2, 0.25) is 5.89 Å². The second-order valence-electron chi connectivity index (χ2n) is 11.8. The average Bonchev–Trinajstić information content (AvgIpc) is 3.47. The maximum atomic E-state index is 12.6. The molecule has 5 aromatic rings. The Labute approximate surface area is 328 Å². The van der Waals surface area contributed by atoms with Gasteiger partial charge in [-0.05, 0) is 99.5 Å². The lowest BCUT2D eigenvalue weighted by atomic mass is 10.2. The molecule has 52 heavy (non-hydrogen) atoms. The van der Waals surface area contributed by atoms with Crippen LogP contribution in [0, 0.1) is 0 Å². The molecule has 0 fully saturated rings. The number of urea groups is 1. The van der Waals surface area contributed by atoms with Gasteiger partial charge in [-0.3, -0.25) is 10.2 Å². The predicted octanol–water partition coefficient (Wildman–Crippen LogP) is 9.13. The van der Waals surface area contributed by atoms with Gasteiger partial charge in [0, 0.05) is 27.1 Å². The van der Waals surface area contributed by atoms with Crippen molar-refractivity contribution in [2.75, 3.05) is 7.05 Å². The van der Waals surface area contributed by atoms with Crippen LogP contribution in [0.15, 0.2) is 103 Å². The molecule has 0 bridgehead atoms. The Morgan fingerprint density at radius 3 is 1.88 bits per heavy atom. The van der Waals surface area contributed by atoms with E-state index in [1.54, 1.807) is 30.3 Å². The molecule has 274 valence electrons. The molecule has 0 aliphatic rings. The number of ether oxygens (including phenoxy) is 2. The topological polar surface area (TPSA) is 128 Å². The van der Waals surface area contributed by atoms with E-state index in [1.165, 1.54) is 22.8 Å². The molecule has 5 rings (SSSR count). The quantitative estimate of drug-likeness (QED) is 0.134. The van der Waals surface area contributed by atoms with Crippen molar-refractivity contribution in [1.82, 2.24) is 25.5 Å². The van der Waals surface area contributed by atoms with E-state index in [1.807, 2.05) is 76.2 Å². The number of carbonyl (C=O) groups excluding carboxylic acids is 2. The predicted molar refractivity (Wildman–Crippen MR) is 209 cm³/mol. The van der Waals surface area contributed by atoms with E-state index >= 15 is 0 Å². The Balaban J connectivity index is 0.000000233. The van der Waals surface area contributed by atoms with Crippen LogP contribution in [0.25, 0.3) is 11.5 Å². The minimum atomic E-state index is -0.517. The van der Waals surface area contributed by atoms with Crippen LogP contribution < -0.4 is 26.0 Å². The molecule has 0 saturated carbocycles. The molecule has 1 heterocycles. The van der Waals surface area contributed by atoms with Crippen LogP contribution >= 0.6 is 55.1 Å². The normalized spacial score (nSPS) is 10.8. The lowest BCUT2D eigenvalue weighted by Gasteiger charge is -2.23. The molecule has 3 amide bonds. The van der Waals surface area contributed by atoms with Crippen LogP contribution in [-0.2, 0) is 13.1 Å². The van der Waals surface area contributed by atoms with E-state index in [0.29, 0.717) is 39.2 Å². The Hall–Kier alpha value is -4.30. The minimum Gasteiger partial charge on any atom is -0.489 e. The van der Waals surface area contributed by atoms with Crippen molar-refractivity contribution in [2.24, 2.45) is 0 Å². The summed E-state index contributed by atoms with van der Waals surface area (Å²) >= 11 is 19.2. The molecule has 0 aliphatic heterocycles. The molecule has 4 aromatic carbocycles. The fourth-order valence-corrected chi connectivity index (χ4v) is 5.50. The van der Waals surface area contributed by atoms with Gasteiger partial charge in [0.05, 0.1) is 35.3 Å². The Kier molecular flexibility index (Phi) is 14.8. The van der Waals surface area contributed by atoms with Gasteiger partial charge >= 0.3 is 11.8 Å². The van der Waals surface area contributed by atoms with E-state index in [0.717, 1.165) is 20.1 Å². The first kappa shape index (κ1) is 40.5. The number of hydrazine groups is 1. The smallest absolute Gasteiger partial charge is 0.437 e. The zero-order valence-electron chi connectivity index (χ0n) is 29.0. The summed E-state index contributed by atoms with van der Waals surface area (Å²) in [4.78, 5) is 36.8. The third kappa shape index (κ3) is 11.9. The number of benzene rings is 4. The van der Waals surface area contributed by atoms with Crippen LogP contribution in [0.3, 0.4) is 0 Å². The van der Waals surface area contributed by atoms with Gasteiger partial charge < -0.3 is 19.2 Å². The standard InChI is InChI=1S/C19H21BrClN3O3.C18H16BrClN2O3/c1-12(2)27-17-9-6-14(10-16(17)21)18(25)23-24(19(26)22-3)11-13-4-7-15(20)8-5-13;1-11(2)24-16-8-5-13(9-15(16)20)17-21-22(18(23)25-17)10-12-3-6-14(19)7-4-12/h4-10,12H,11H2,1-3H3,(H,22,26)(H,23,25);3-9,11H,10H2,1-2H3. The fraction of sp³-hybridized carbons (Fsp3) is 0.243.